The van der Waals surface area contributed by atoms with Crippen molar-refractivity contribution in [2.45, 2.75) is 43.5 Å². The predicted molar refractivity (Wildman–Crippen MR) is 176 cm³/mol. The molecule has 12 nitrogen and oxygen atoms in total. The number of aromatic nitrogens is 2. The van der Waals surface area contributed by atoms with E-state index < -0.39 is 27.1 Å². The number of methoxy groups -OCH3 is 1. The van der Waals surface area contributed by atoms with Crippen LogP contribution in [0.2, 0.25) is 0 Å². The number of hydrogen-bond acceptors (Lipinski definition) is 11. The zero-order valence-electron chi connectivity index (χ0n) is 26.3. The van der Waals surface area contributed by atoms with Crippen molar-refractivity contribution in [2.24, 2.45) is 0 Å². The number of benzene rings is 2. The Kier molecular flexibility index (Phi) is 9.03. The molecule has 0 aliphatic carbocycles. The van der Waals surface area contributed by atoms with Crippen LogP contribution in [0.25, 0.3) is 22.0 Å². The number of pyridine rings is 2. The maximum Gasteiger partial charge on any atom is 0.338 e. The summed E-state index contributed by atoms with van der Waals surface area (Å²) in [5.41, 5.74) is 3.05. The molecular formula is C34H35FN4O8S. The zero-order chi connectivity index (χ0) is 33.3. The van der Waals surface area contributed by atoms with Gasteiger partial charge < -0.3 is 29.0 Å². The van der Waals surface area contributed by atoms with Crippen molar-refractivity contribution < 1.29 is 41.3 Å². The van der Waals surface area contributed by atoms with Crippen LogP contribution in [0, 0.1) is 5.82 Å². The standard InChI is InChI=1S/C34H35FN4O8S/c1-43-34(40)22-12-23(16-25(13-22)47-24-3-7-44-8-4-24)38-32-30(39-48(41,42)26-5-9-45-10-6-26)19-37-29-15-21(14-28(35)31(29)32)27-18-36-17-20-2-11-46-33(20)27/h12-19,24,26,39H,2-11H2,1H3,(H,37,38). The lowest BCUT2D eigenvalue weighted by Crippen LogP contribution is -2.33. The van der Waals surface area contributed by atoms with Crippen LogP contribution in [0.15, 0.2) is 48.9 Å². The van der Waals surface area contributed by atoms with Gasteiger partial charge in [0, 0.05) is 67.8 Å². The van der Waals surface area contributed by atoms with E-state index in [4.69, 9.17) is 23.7 Å². The largest absolute Gasteiger partial charge is 0.492 e. The molecule has 3 aliphatic rings. The van der Waals surface area contributed by atoms with E-state index in [-0.39, 0.29) is 33.9 Å². The van der Waals surface area contributed by atoms with E-state index in [1.165, 1.54) is 25.4 Å². The van der Waals surface area contributed by atoms with Gasteiger partial charge in [-0.25, -0.2) is 17.6 Å². The molecule has 5 heterocycles. The minimum Gasteiger partial charge on any atom is -0.492 e. The van der Waals surface area contributed by atoms with Crippen molar-refractivity contribution in [1.82, 2.24) is 9.97 Å². The van der Waals surface area contributed by atoms with Gasteiger partial charge in [0.1, 0.15) is 23.4 Å². The van der Waals surface area contributed by atoms with Gasteiger partial charge in [0.15, 0.2) is 0 Å². The summed E-state index contributed by atoms with van der Waals surface area (Å²) >= 11 is 0. The summed E-state index contributed by atoms with van der Waals surface area (Å²) in [5, 5.41) is 2.55. The second-order valence-corrected chi connectivity index (χ2v) is 13.9. The molecule has 0 atom stereocenters. The van der Waals surface area contributed by atoms with Crippen LogP contribution >= 0.6 is 0 Å². The van der Waals surface area contributed by atoms with E-state index in [9.17, 15) is 13.2 Å². The van der Waals surface area contributed by atoms with E-state index in [0.29, 0.717) is 93.5 Å². The van der Waals surface area contributed by atoms with E-state index >= 15 is 4.39 Å². The highest BCUT2D eigenvalue weighted by molar-refractivity contribution is 7.93. The molecule has 0 bridgehead atoms. The summed E-state index contributed by atoms with van der Waals surface area (Å²) < 4.78 is 74.1. The van der Waals surface area contributed by atoms with Crippen LogP contribution in [0.4, 0.5) is 21.5 Å². The molecule has 3 aliphatic heterocycles. The van der Waals surface area contributed by atoms with E-state index in [0.717, 1.165) is 5.56 Å². The Morgan fingerprint density at radius 3 is 2.50 bits per heavy atom. The number of sulfonamides is 1. The van der Waals surface area contributed by atoms with E-state index in [2.05, 4.69) is 20.0 Å². The van der Waals surface area contributed by atoms with Gasteiger partial charge in [-0.1, -0.05) is 0 Å². The number of carbonyl (C=O) groups is 1. The molecule has 2 N–H and O–H groups in total. The molecular weight excluding hydrogens is 643 g/mol. The van der Waals surface area contributed by atoms with Crippen molar-refractivity contribution in [3.05, 3.63) is 65.9 Å². The molecule has 0 amide bonds. The fourth-order valence-electron chi connectivity index (χ4n) is 6.28. The maximum atomic E-state index is 16.4. The lowest BCUT2D eigenvalue weighted by Gasteiger charge is -2.25. The van der Waals surface area contributed by atoms with Gasteiger partial charge in [0.25, 0.3) is 0 Å². The lowest BCUT2D eigenvalue weighted by molar-refractivity contribution is 0.0254. The molecule has 48 heavy (non-hydrogen) atoms. The van der Waals surface area contributed by atoms with Crippen molar-refractivity contribution in [3.63, 3.8) is 0 Å². The topological polar surface area (TPSA) is 147 Å². The first-order valence-electron chi connectivity index (χ1n) is 15.9. The number of nitrogens with one attached hydrogen (secondary N) is 2. The molecule has 2 aromatic heterocycles. The molecule has 0 unspecified atom stereocenters. The van der Waals surface area contributed by atoms with Crippen molar-refractivity contribution in [3.8, 4) is 22.6 Å². The normalized spacial score (nSPS) is 17.0. The fourth-order valence-corrected chi connectivity index (χ4v) is 7.72. The molecule has 2 aromatic carbocycles. The van der Waals surface area contributed by atoms with Crippen LogP contribution in [0.3, 0.4) is 0 Å². The summed E-state index contributed by atoms with van der Waals surface area (Å²) in [7, 11) is -2.64. The van der Waals surface area contributed by atoms with Crippen LogP contribution in [-0.2, 0) is 30.7 Å². The highest BCUT2D eigenvalue weighted by Gasteiger charge is 2.30. The van der Waals surface area contributed by atoms with Crippen LogP contribution in [0.1, 0.15) is 41.6 Å². The van der Waals surface area contributed by atoms with E-state index in [1.807, 2.05) is 0 Å². The molecule has 252 valence electrons. The summed E-state index contributed by atoms with van der Waals surface area (Å²) in [5.74, 6) is -0.205. The maximum absolute atomic E-state index is 16.4. The third kappa shape index (κ3) is 6.60. The number of halogens is 1. The Bertz CT molecular complexity index is 1960. The van der Waals surface area contributed by atoms with Crippen LogP contribution < -0.4 is 19.5 Å². The van der Waals surface area contributed by atoms with Gasteiger partial charge in [0.05, 0.1) is 66.2 Å². The van der Waals surface area contributed by atoms with Crippen molar-refractivity contribution in [2.75, 3.05) is 50.2 Å². The lowest BCUT2D eigenvalue weighted by atomic mass is 10.0. The molecule has 2 fully saturated rings. The first-order valence-corrected chi connectivity index (χ1v) is 17.4. The second-order valence-electron chi connectivity index (χ2n) is 11.9. The van der Waals surface area contributed by atoms with Crippen LogP contribution in [-0.4, -0.2) is 75.9 Å². The minimum atomic E-state index is -3.91. The first-order chi connectivity index (χ1) is 23.3. The molecule has 0 spiro atoms. The molecule has 0 saturated carbocycles. The van der Waals surface area contributed by atoms with Gasteiger partial charge in [-0.2, -0.15) is 0 Å². The van der Waals surface area contributed by atoms with Gasteiger partial charge in [-0.3, -0.25) is 14.7 Å². The number of rotatable bonds is 9. The van der Waals surface area contributed by atoms with Crippen molar-refractivity contribution in [1.29, 1.82) is 0 Å². The zero-order valence-corrected chi connectivity index (χ0v) is 27.1. The molecule has 4 aromatic rings. The smallest absolute Gasteiger partial charge is 0.338 e. The second kappa shape index (κ2) is 13.5. The number of carbonyl (C=O) groups excluding carboxylic acids is 1. The molecule has 14 heteroatoms. The minimum absolute atomic E-state index is 0.0432. The quantitative estimate of drug-likeness (QED) is 0.220. The summed E-state index contributed by atoms with van der Waals surface area (Å²) in [6.45, 7) is 2.27. The Morgan fingerprint density at radius 1 is 0.958 bits per heavy atom. The third-order valence-electron chi connectivity index (χ3n) is 8.75. The Morgan fingerprint density at radius 2 is 1.73 bits per heavy atom. The molecule has 0 radical (unpaired) electrons. The molecule has 2 saturated heterocycles. The van der Waals surface area contributed by atoms with Gasteiger partial charge >= 0.3 is 5.97 Å². The van der Waals surface area contributed by atoms with Crippen molar-refractivity contribution >= 4 is 44.0 Å². The van der Waals surface area contributed by atoms with Crippen LogP contribution in [0.5, 0.6) is 11.5 Å². The number of nitrogens with zero attached hydrogens (tertiary/aromatic N) is 2. The number of esters is 1. The highest BCUT2D eigenvalue weighted by atomic mass is 32.2. The summed E-state index contributed by atoms with van der Waals surface area (Å²) in [4.78, 5) is 21.5. The molecule has 7 rings (SSSR count). The SMILES string of the molecule is COC(=O)c1cc(Nc2c(NS(=O)(=O)C3CCOCC3)cnc3cc(-c4cncc5c4OCC5)cc(F)c23)cc(OC2CCOCC2)c1. The number of anilines is 3. The summed E-state index contributed by atoms with van der Waals surface area (Å²) in [6.07, 6.45) is 7.30. The number of fused-ring (bicyclic) bond motifs is 2. The monoisotopic (exact) mass is 678 g/mol. The van der Waals surface area contributed by atoms with Gasteiger partial charge in [-0.15, -0.1) is 0 Å². The summed E-state index contributed by atoms with van der Waals surface area (Å²) in [6, 6.07) is 7.86. The first kappa shape index (κ1) is 32.0. The number of hydrogen-bond donors (Lipinski definition) is 2. The fraction of sp³-hybridized carbons (Fsp3) is 0.382. The predicted octanol–water partition coefficient (Wildman–Crippen LogP) is 5.38. The average molecular weight is 679 g/mol. The highest BCUT2D eigenvalue weighted by Crippen LogP contribution is 2.41. The Hall–Kier alpha value is -4.53. The third-order valence-corrected chi connectivity index (χ3v) is 10.6. The van der Waals surface area contributed by atoms with Gasteiger partial charge in [0.2, 0.25) is 10.0 Å². The average Bonchev–Trinajstić information content (AvgIpc) is 3.59. The Balaban J connectivity index is 1.34. The van der Waals surface area contributed by atoms with E-state index in [1.54, 1.807) is 30.6 Å². The van der Waals surface area contributed by atoms with Gasteiger partial charge in [-0.05, 0) is 42.7 Å². The Labute approximate surface area is 277 Å². The number of ether oxygens (including phenoxy) is 5.